The van der Waals surface area contributed by atoms with E-state index < -0.39 is 23.5 Å². The molecule has 3 aromatic carbocycles. The minimum Gasteiger partial charge on any atom is -0.360 e. The maximum Gasteiger partial charge on any atom is 0.347 e. The van der Waals surface area contributed by atoms with E-state index in [0.29, 0.717) is 30.1 Å². The summed E-state index contributed by atoms with van der Waals surface area (Å²) in [6.07, 6.45) is 1.37. The highest BCUT2D eigenvalue weighted by Crippen LogP contribution is 2.23. The minimum absolute atomic E-state index is 0.0184. The number of halogens is 1. The Balaban J connectivity index is 1.31. The summed E-state index contributed by atoms with van der Waals surface area (Å²) in [5.41, 5.74) is 2.96. The lowest BCUT2D eigenvalue weighted by Gasteiger charge is -2.36. The van der Waals surface area contributed by atoms with Gasteiger partial charge in [-0.2, -0.15) is 4.99 Å². The molecule has 0 aliphatic carbocycles. The number of amidine groups is 1. The van der Waals surface area contributed by atoms with Crippen LogP contribution < -0.4 is 5.32 Å². The molecule has 3 amide bonds. The van der Waals surface area contributed by atoms with Gasteiger partial charge in [-0.15, -0.1) is 0 Å². The Hall–Kier alpha value is -4.79. The van der Waals surface area contributed by atoms with Crippen molar-refractivity contribution in [1.29, 1.82) is 0 Å². The van der Waals surface area contributed by atoms with Crippen LogP contribution in [0.25, 0.3) is 10.9 Å². The molecule has 1 fully saturated rings. The molecule has 8 nitrogen and oxygen atoms in total. The van der Waals surface area contributed by atoms with Gasteiger partial charge < -0.3 is 20.1 Å². The van der Waals surface area contributed by atoms with Gasteiger partial charge in [-0.25, -0.2) is 9.18 Å². The number of carbonyl (C=O) groups is 3. The highest BCUT2D eigenvalue weighted by molar-refractivity contribution is 6.44. The Morgan fingerprint density at radius 2 is 1.55 bits per heavy atom. The smallest absolute Gasteiger partial charge is 0.347 e. The van der Waals surface area contributed by atoms with E-state index in [1.165, 1.54) is 23.2 Å². The summed E-state index contributed by atoms with van der Waals surface area (Å²) in [6.45, 7) is 3.20. The van der Waals surface area contributed by atoms with E-state index in [2.05, 4.69) is 15.3 Å². The minimum atomic E-state index is -0.760. The molecule has 192 valence electrons. The van der Waals surface area contributed by atoms with Gasteiger partial charge in [0, 0.05) is 54.5 Å². The second-order valence-electron chi connectivity index (χ2n) is 9.07. The number of Topliss-reactive ketones (excluding diaryl/α,β-unsaturated/α-hetero) is 1. The third kappa shape index (κ3) is 5.17. The van der Waals surface area contributed by atoms with Crippen molar-refractivity contribution in [3.63, 3.8) is 0 Å². The first-order valence-corrected chi connectivity index (χ1v) is 12.3. The van der Waals surface area contributed by atoms with Crippen LogP contribution in [-0.2, 0) is 4.79 Å². The number of piperazine rings is 1. The van der Waals surface area contributed by atoms with Crippen LogP contribution in [0, 0.1) is 12.7 Å². The Morgan fingerprint density at radius 3 is 2.26 bits per heavy atom. The number of ketones is 1. The fourth-order valence-corrected chi connectivity index (χ4v) is 4.49. The largest absolute Gasteiger partial charge is 0.360 e. The maximum absolute atomic E-state index is 14.4. The topological polar surface area (TPSA) is 97.9 Å². The molecule has 5 rings (SSSR count). The van der Waals surface area contributed by atoms with Crippen LogP contribution in [0.15, 0.2) is 84.0 Å². The van der Waals surface area contributed by atoms with Crippen LogP contribution in [-0.4, -0.2) is 64.5 Å². The summed E-state index contributed by atoms with van der Waals surface area (Å²) in [4.78, 5) is 49.4. The number of amides is 3. The zero-order valence-electron chi connectivity index (χ0n) is 20.8. The molecule has 0 spiro atoms. The number of urea groups is 1. The van der Waals surface area contributed by atoms with Gasteiger partial charge in [0.2, 0.25) is 0 Å². The number of benzene rings is 3. The number of nitrogens with one attached hydrogen (secondary N) is 2. The van der Waals surface area contributed by atoms with Crippen molar-refractivity contribution in [2.24, 2.45) is 4.99 Å². The van der Waals surface area contributed by atoms with Crippen molar-refractivity contribution in [2.75, 3.05) is 31.5 Å². The number of fused-ring (bicyclic) bond motifs is 1. The highest BCUT2D eigenvalue weighted by atomic mass is 19.1. The average Bonchev–Trinajstić information content (AvgIpc) is 3.38. The summed E-state index contributed by atoms with van der Waals surface area (Å²) < 4.78 is 14.4. The number of hydrogen-bond donors (Lipinski definition) is 2. The average molecular weight is 512 g/mol. The summed E-state index contributed by atoms with van der Waals surface area (Å²) in [6, 6.07) is 20.7. The summed E-state index contributed by atoms with van der Waals surface area (Å²) in [5, 5.41) is 2.90. The number of anilines is 1. The lowest BCUT2D eigenvalue weighted by atomic mass is 10.1. The molecule has 2 N–H and O–H groups in total. The molecule has 0 radical (unpaired) electrons. The van der Waals surface area contributed by atoms with Crippen LogP contribution in [0.1, 0.15) is 21.5 Å². The zero-order valence-corrected chi connectivity index (χ0v) is 20.8. The highest BCUT2D eigenvalue weighted by Gasteiger charge is 2.30. The Morgan fingerprint density at radius 1 is 0.868 bits per heavy atom. The standard InChI is InChI=1S/C29H26FN5O3/c1-19-10-12-21(13-11-19)32-29(38)33-27(20-6-3-2-4-7-20)34-14-16-35(17-15-34)28(37)26(36)22-18-31-24-9-5-8-23(30)25(22)24/h2-13,18,31H,14-17H2,1H3,(H,32,38)/b33-27+. The van der Waals surface area contributed by atoms with Gasteiger partial charge in [0.1, 0.15) is 11.7 Å². The number of H-pyrrole nitrogens is 1. The van der Waals surface area contributed by atoms with Gasteiger partial charge in [-0.1, -0.05) is 54.1 Å². The SMILES string of the molecule is Cc1ccc(NC(=O)/N=C(\c2ccccc2)N2CCN(C(=O)C(=O)c3c[nH]c4cccc(F)c34)CC2)cc1. The molecule has 1 aliphatic rings. The monoisotopic (exact) mass is 511 g/mol. The van der Waals surface area contributed by atoms with Gasteiger partial charge in [0.25, 0.3) is 11.7 Å². The molecule has 0 bridgehead atoms. The number of carbonyl (C=O) groups excluding carboxylic acids is 3. The number of aromatic nitrogens is 1. The van der Waals surface area contributed by atoms with Crippen molar-refractivity contribution in [1.82, 2.24) is 14.8 Å². The van der Waals surface area contributed by atoms with E-state index in [-0.39, 0.29) is 24.0 Å². The van der Waals surface area contributed by atoms with E-state index in [1.54, 1.807) is 6.07 Å². The van der Waals surface area contributed by atoms with E-state index in [9.17, 15) is 18.8 Å². The van der Waals surface area contributed by atoms with Crippen molar-refractivity contribution in [3.05, 3.63) is 102 Å². The van der Waals surface area contributed by atoms with Gasteiger partial charge in [0.05, 0.1) is 5.56 Å². The van der Waals surface area contributed by atoms with Crippen molar-refractivity contribution < 1.29 is 18.8 Å². The molecule has 9 heteroatoms. The number of aryl methyl sites for hydroxylation is 1. The predicted molar refractivity (Wildman–Crippen MR) is 144 cm³/mol. The number of rotatable bonds is 4. The predicted octanol–water partition coefficient (Wildman–Crippen LogP) is 4.62. The van der Waals surface area contributed by atoms with E-state index in [4.69, 9.17) is 0 Å². The molecule has 1 aromatic heterocycles. The third-order valence-electron chi connectivity index (χ3n) is 6.50. The van der Waals surface area contributed by atoms with Crippen molar-refractivity contribution in [3.8, 4) is 0 Å². The van der Waals surface area contributed by atoms with E-state index in [1.807, 2.05) is 66.4 Å². The number of aliphatic imine (C=N–C) groups is 1. The van der Waals surface area contributed by atoms with Crippen LogP contribution in [0.5, 0.6) is 0 Å². The van der Waals surface area contributed by atoms with Crippen molar-refractivity contribution in [2.45, 2.75) is 6.92 Å². The van der Waals surface area contributed by atoms with Crippen molar-refractivity contribution >= 4 is 40.1 Å². The molecular formula is C29H26FN5O3. The van der Waals surface area contributed by atoms with Crippen LogP contribution >= 0.6 is 0 Å². The second kappa shape index (κ2) is 10.7. The molecule has 0 saturated carbocycles. The fraction of sp³-hybridized carbons (Fsp3) is 0.172. The molecule has 2 heterocycles. The third-order valence-corrected chi connectivity index (χ3v) is 6.50. The normalized spacial score (nSPS) is 14.0. The summed E-state index contributed by atoms with van der Waals surface area (Å²) in [7, 11) is 0. The first-order valence-electron chi connectivity index (χ1n) is 12.3. The first-order chi connectivity index (χ1) is 18.4. The summed E-state index contributed by atoms with van der Waals surface area (Å²) >= 11 is 0. The van der Waals surface area contributed by atoms with E-state index >= 15 is 0 Å². The summed E-state index contributed by atoms with van der Waals surface area (Å²) in [5.74, 6) is -1.53. The molecule has 1 aliphatic heterocycles. The number of nitrogens with zero attached hydrogens (tertiary/aromatic N) is 3. The van der Waals surface area contributed by atoms with Gasteiger partial charge in [-0.3, -0.25) is 9.59 Å². The Bertz CT molecular complexity index is 1520. The van der Waals surface area contributed by atoms with Gasteiger partial charge >= 0.3 is 6.03 Å². The lowest BCUT2D eigenvalue weighted by Crippen LogP contribution is -2.52. The van der Waals surface area contributed by atoms with Crippen LogP contribution in [0.3, 0.4) is 0 Å². The Labute approximate surface area is 218 Å². The maximum atomic E-state index is 14.4. The molecule has 0 atom stereocenters. The molecule has 0 unspecified atom stereocenters. The molecule has 38 heavy (non-hydrogen) atoms. The lowest BCUT2D eigenvalue weighted by molar-refractivity contribution is -0.127. The van der Waals surface area contributed by atoms with Gasteiger partial charge in [0.15, 0.2) is 0 Å². The Kier molecular flexibility index (Phi) is 6.99. The molecule has 1 saturated heterocycles. The molecule has 4 aromatic rings. The molecular weight excluding hydrogens is 485 g/mol. The van der Waals surface area contributed by atoms with E-state index in [0.717, 1.165) is 11.1 Å². The van der Waals surface area contributed by atoms with Crippen LogP contribution in [0.2, 0.25) is 0 Å². The second-order valence-corrected chi connectivity index (χ2v) is 9.07. The zero-order chi connectivity index (χ0) is 26.6. The number of hydrogen-bond acceptors (Lipinski definition) is 3. The van der Waals surface area contributed by atoms with Crippen LogP contribution in [0.4, 0.5) is 14.9 Å². The van der Waals surface area contributed by atoms with Gasteiger partial charge in [-0.05, 0) is 31.2 Å². The fourth-order valence-electron chi connectivity index (χ4n) is 4.49. The first kappa shape index (κ1) is 24.9. The quantitative estimate of drug-likeness (QED) is 0.181. The number of aromatic amines is 1.